The maximum absolute atomic E-state index is 11.5. The Morgan fingerprint density at radius 1 is 1.36 bits per heavy atom. The Morgan fingerprint density at radius 3 is 2.79 bits per heavy atom. The molecule has 1 aromatic heterocycles. The van der Waals surface area contributed by atoms with Gasteiger partial charge < -0.3 is 5.11 Å². The van der Waals surface area contributed by atoms with Crippen molar-refractivity contribution in [3.8, 4) is 5.88 Å². The predicted molar refractivity (Wildman–Crippen MR) is 55.5 cm³/mol. The lowest BCUT2D eigenvalue weighted by Crippen LogP contribution is -2.17. The molecule has 0 atom stereocenters. The summed E-state index contributed by atoms with van der Waals surface area (Å²) in [6.07, 6.45) is 0. The molecule has 3 nitrogen and oxygen atoms in total. The summed E-state index contributed by atoms with van der Waals surface area (Å²) in [5.74, 6) is 0.0515. The minimum Gasteiger partial charge on any atom is -0.494 e. The molecule has 0 spiro atoms. The van der Waals surface area contributed by atoms with Crippen molar-refractivity contribution in [3.63, 3.8) is 0 Å². The van der Waals surface area contributed by atoms with Gasteiger partial charge in [0.15, 0.2) is 0 Å². The van der Waals surface area contributed by atoms with Crippen LogP contribution in [0.15, 0.2) is 35.1 Å². The van der Waals surface area contributed by atoms with Gasteiger partial charge in [-0.2, -0.15) is 0 Å². The van der Waals surface area contributed by atoms with Crippen molar-refractivity contribution in [2.45, 2.75) is 13.5 Å². The van der Waals surface area contributed by atoms with E-state index in [4.69, 9.17) is 0 Å². The van der Waals surface area contributed by atoms with Crippen LogP contribution in [0.4, 0.5) is 0 Å². The number of nitrogens with zero attached hydrogens (tertiary/aromatic N) is 1. The highest BCUT2D eigenvalue weighted by atomic mass is 16.3. The standard InChI is InChI=1S/C11H11NO2/c1-2-12-10(13)7-8-5-3-4-6-9(8)11(12)14/h3-7,14H,2H2,1H3. The number of hydrogen-bond acceptors (Lipinski definition) is 2. The van der Waals surface area contributed by atoms with Gasteiger partial charge in [0, 0.05) is 18.0 Å². The molecule has 0 radical (unpaired) electrons. The molecule has 0 aliphatic heterocycles. The van der Waals surface area contributed by atoms with E-state index in [1.165, 1.54) is 4.57 Å². The first-order valence-corrected chi connectivity index (χ1v) is 4.55. The van der Waals surface area contributed by atoms with Crippen LogP contribution >= 0.6 is 0 Å². The van der Waals surface area contributed by atoms with Gasteiger partial charge in [-0.25, -0.2) is 0 Å². The van der Waals surface area contributed by atoms with Crippen molar-refractivity contribution in [3.05, 3.63) is 40.7 Å². The first-order chi connectivity index (χ1) is 6.74. The van der Waals surface area contributed by atoms with E-state index in [9.17, 15) is 9.90 Å². The topological polar surface area (TPSA) is 42.2 Å². The first-order valence-electron chi connectivity index (χ1n) is 4.55. The third-order valence-corrected chi connectivity index (χ3v) is 2.32. The molecule has 0 unspecified atom stereocenters. The van der Waals surface area contributed by atoms with Crippen LogP contribution in [-0.4, -0.2) is 9.67 Å². The van der Waals surface area contributed by atoms with Gasteiger partial charge in [-0.15, -0.1) is 0 Å². The predicted octanol–water partition coefficient (Wildman–Crippen LogP) is 1.73. The Hall–Kier alpha value is -1.77. The van der Waals surface area contributed by atoms with Crippen molar-refractivity contribution >= 4 is 10.8 Å². The van der Waals surface area contributed by atoms with E-state index < -0.39 is 0 Å². The summed E-state index contributed by atoms with van der Waals surface area (Å²) in [5, 5.41) is 11.3. The second-order valence-corrected chi connectivity index (χ2v) is 3.14. The molecule has 2 aromatic rings. The molecule has 1 N–H and O–H groups in total. The molecule has 1 heterocycles. The summed E-state index contributed by atoms with van der Waals surface area (Å²) < 4.78 is 1.35. The Kier molecular flexibility index (Phi) is 2.00. The van der Waals surface area contributed by atoms with Crippen LogP contribution in [0, 0.1) is 0 Å². The molecular weight excluding hydrogens is 178 g/mol. The quantitative estimate of drug-likeness (QED) is 0.742. The van der Waals surface area contributed by atoms with E-state index in [0.29, 0.717) is 11.9 Å². The second kappa shape index (κ2) is 3.18. The average Bonchev–Trinajstić information content (AvgIpc) is 2.18. The smallest absolute Gasteiger partial charge is 0.253 e. The zero-order valence-corrected chi connectivity index (χ0v) is 7.90. The molecule has 14 heavy (non-hydrogen) atoms. The molecule has 0 aliphatic carbocycles. The van der Waals surface area contributed by atoms with Crippen molar-refractivity contribution in [1.82, 2.24) is 4.57 Å². The molecule has 2 rings (SSSR count). The van der Waals surface area contributed by atoms with Gasteiger partial charge >= 0.3 is 0 Å². The number of aromatic nitrogens is 1. The molecule has 0 saturated carbocycles. The number of pyridine rings is 1. The highest BCUT2D eigenvalue weighted by molar-refractivity contribution is 5.86. The second-order valence-electron chi connectivity index (χ2n) is 3.14. The fraction of sp³-hybridized carbons (Fsp3) is 0.182. The van der Waals surface area contributed by atoms with Crippen molar-refractivity contribution in [2.75, 3.05) is 0 Å². The van der Waals surface area contributed by atoms with Gasteiger partial charge in [0.25, 0.3) is 5.56 Å². The Bertz CT molecular complexity index is 528. The third-order valence-electron chi connectivity index (χ3n) is 2.32. The van der Waals surface area contributed by atoms with Gasteiger partial charge in [0.05, 0.1) is 0 Å². The lowest BCUT2D eigenvalue weighted by molar-refractivity contribution is 0.419. The Morgan fingerprint density at radius 2 is 2.07 bits per heavy atom. The number of aromatic hydroxyl groups is 1. The minimum absolute atomic E-state index is 0.0515. The lowest BCUT2D eigenvalue weighted by Gasteiger charge is -2.07. The maximum atomic E-state index is 11.5. The molecule has 1 aromatic carbocycles. The summed E-state index contributed by atoms with van der Waals surface area (Å²) in [6.45, 7) is 2.31. The van der Waals surface area contributed by atoms with Crippen LogP contribution in [0.5, 0.6) is 5.88 Å². The van der Waals surface area contributed by atoms with Crippen LogP contribution in [-0.2, 0) is 6.54 Å². The molecule has 0 bridgehead atoms. The zero-order chi connectivity index (χ0) is 10.1. The first kappa shape index (κ1) is 8.81. The monoisotopic (exact) mass is 189 g/mol. The van der Waals surface area contributed by atoms with Crippen LogP contribution in [0.1, 0.15) is 6.92 Å². The van der Waals surface area contributed by atoms with E-state index in [-0.39, 0.29) is 11.4 Å². The normalized spacial score (nSPS) is 10.6. The maximum Gasteiger partial charge on any atom is 0.253 e. The molecule has 0 saturated heterocycles. The lowest BCUT2D eigenvalue weighted by atomic mass is 10.1. The third kappa shape index (κ3) is 1.18. The fourth-order valence-corrected chi connectivity index (χ4v) is 1.59. The van der Waals surface area contributed by atoms with E-state index in [2.05, 4.69) is 0 Å². The summed E-state index contributed by atoms with van der Waals surface area (Å²) in [7, 11) is 0. The molecule has 0 aliphatic rings. The van der Waals surface area contributed by atoms with Crippen LogP contribution < -0.4 is 5.56 Å². The SMILES string of the molecule is CCn1c(O)c2ccccc2cc1=O. The fourth-order valence-electron chi connectivity index (χ4n) is 1.59. The number of hydrogen-bond donors (Lipinski definition) is 1. The van der Waals surface area contributed by atoms with Crippen LogP contribution in [0.2, 0.25) is 0 Å². The van der Waals surface area contributed by atoms with E-state index >= 15 is 0 Å². The zero-order valence-electron chi connectivity index (χ0n) is 7.90. The van der Waals surface area contributed by atoms with Crippen LogP contribution in [0.3, 0.4) is 0 Å². The Labute approximate surface area is 81.2 Å². The van der Waals surface area contributed by atoms with Crippen molar-refractivity contribution in [2.24, 2.45) is 0 Å². The van der Waals surface area contributed by atoms with Gasteiger partial charge in [-0.3, -0.25) is 9.36 Å². The molecule has 3 heteroatoms. The molecular formula is C11H11NO2. The molecule has 0 fully saturated rings. The Balaban J connectivity index is 2.93. The van der Waals surface area contributed by atoms with Gasteiger partial charge in [-0.05, 0) is 18.4 Å². The largest absolute Gasteiger partial charge is 0.494 e. The summed E-state index contributed by atoms with van der Waals surface area (Å²) in [5.41, 5.74) is -0.163. The van der Waals surface area contributed by atoms with E-state index in [1.807, 2.05) is 25.1 Å². The minimum atomic E-state index is -0.163. The highest BCUT2D eigenvalue weighted by Gasteiger charge is 2.05. The number of benzene rings is 1. The number of rotatable bonds is 1. The van der Waals surface area contributed by atoms with Gasteiger partial charge in [-0.1, -0.05) is 18.2 Å². The van der Waals surface area contributed by atoms with Crippen molar-refractivity contribution in [1.29, 1.82) is 0 Å². The average molecular weight is 189 g/mol. The summed E-state index contributed by atoms with van der Waals surface area (Å²) in [4.78, 5) is 11.5. The van der Waals surface area contributed by atoms with E-state index in [1.54, 1.807) is 12.1 Å². The summed E-state index contributed by atoms with van der Waals surface area (Å²) >= 11 is 0. The van der Waals surface area contributed by atoms with Crippen molar-refractivity contribution < 1.29 is 5.11 Å². The van der Waals surface area contributed by atoms with Gasteiger partial charge in [0.1, 0.15) is 0 Å². The summed E-state index contributed by atoms with van der Waals surface area (Å²) in [6, 6.07) is 8.84. The highest BCUT2D eigenvalue weighted by Crippen LogP contribution is 2.21. The van der Waals surface area contributed by atoms with Gasteiger partial charge in [0.2, 0.25) is 5.88 Å². The van der Waals surface area contributed by atoms with E-state index in [0.717, 1.165) is 5.39 Å². The molecule has 72 valence electrons. The number of fused-ring (bicyclic) bond motifs is 1. The van der Waals surface area contributed by atoms with Crippen LogP contribution in [0.25, 0.3) is 10.8 Å². The molecule has 0 amide bonds.